The molecule has 0 spiro atoms. The van der Waals surface area contributed by atoms with Crippen LogP contribution in [0.3, 0.4) is 0 Å². The normalized spacial score (nSPS) is 10.6. The van der Waals surface area contributed by atoms with Gasteiger partial charge in [0.05, 0.1) is 11.4 Å². The Labute approximate surface area is 187 Å². The molecule has 0 saturated carbocycles. The van der Waals surface area contributed by atoms with Crippen LogP contribution in [0, 0.1) is 0 Å². The number of thioether (sulfide) groups is 1. The van der Waals surface area contributed by atoms with Crippen molar-refractivity contribution in [1.29, 1.82) is 0 Å². The van der Waals surface area contributed by atoms with Crippen LogP contribution in [0.4, 0.5) is 5.69 Å². The first-order valence-corrected chi connectivity index (χ1v) is 11.3. The van der Waals surface area contributed by atoms with Crippen molar-refractivity contribution in [3.05, 3.63) is 64.9 Å². The Morgan fingerprint density at radius 1 is 1.10 bits per heavy atom. The highest BCUT2D eigenvalue weighted by atomic mass is 79.9. The standard InChI is InChI=1S/C21H22BrN5O2S/c1-2-15-5-3-4-6-18(15)27-14-24-26-21(27)30-13-20(29)23-12-11-19(28)25-17-9-7-16(22)8-10-17/h3-10,14H,2,11-13H2,1H3,(H,23,29)(H,25,28). The summed E-state index contributed by atoms with van der Waals surface area (Å²) in [5.74, 6) is -0.114. The number of nitrogens with zero attached hydrogens (tertiary/aromatic N) is 3. The zero-order valence-electron chi connectivity index (χ0n) is 16.5. The largest absolute Gasteiger partial charge is 0.355 e. The first-order valence-electron chi connectivity index (χ1n) is 9.50. The van der Waals surface area contributed by atoms with E-state index in [0.717, 1.165) is 22.3 Å². The van der Waals surface area contributed by atoms with Crippen LogP contribution in [0.15, 0.2) is 64.5 Å². The lowest BCUT2D eigenvalue weighted by Gasteiger charge is -2.10. The van der Waals surface area contributed by atoms with Gasteiger partial charge in [-0.05, 0) is 42.3 Å². The molecule has 30 heavy (non-hydrogen) atoms. The molecule has 0 fully saturated rings. The Bertz CT molecular complexity index is 1010. The molecule has 3 rings (SSSR count). The topological polar surface area (TPSA) is 88.9 Å². The van der Waals surface area contributed by atoms with E-state index in [1.54, 1.807) is 6.33 Å². The zero-order valence-corrected chi connectivity index (χ0v) is 18.9. The smallest absolute Gasteiger partial charge is 0.230 e. The molecule has 0 atom stereocenters. The van der Waals surface area contributed by atoms with Crippen molar-refractivity contribution >= 4 is 45.2 Å². The number of aromatic nitrogens is 3. The SMILES string of the molecule is CCc1ccccc1-n1cnnc1SCC(=O)NCCC(=O)Nc1ccc(Br)cc1. The Hall–Kier alpha value is -2.65. The van der Waals surface area contributed by atoms with Crippen LogP contribution >= 0.6 is 27.7 Å². The number of aryl methyl sites for hydroxylation is 1. The third-order valence-corrected chi connectivity index (χ3v) is 5.75. The number of hydrogen-bond acceptors (Lipinski definition) is 5. The van der Waals surface area contributed by atoms with Crippen molar-refractivity contribution in [2.24, 2.45) is 0 Å². The maximum atomic E-state index is 12.2. The molecule has 2 N–H and O–H groups in total. The number of anilines is 1. The average molecular weight is 488 g/mol. The number of amides is 2. The number of hydrogen-bond donors (Lipinski definition) is 2. The quantitative estimate of drug-likeness (QED) is 0.447. The molecule has 7 nitrogen and oxygen atoms in total. The summed E-state index contributed by atoms with van der Waals surface area (Å²) in [4.78, 5) is 24.1. The van der Waals surface area contributed by atoms with E-state index in [-0.39, 0.29) is 30.5 Å². The summed E-state index contributed by atoms with van der Waals surface area (Å²) in [6.07, 6.45) is 2.75. The van der Waals surface area contributed by atoms with Gasteiger partial charge in [0.2, 0.25) is 11.8 Å². The highest BCUT2D eigenvalue weighted by Crippen LogP contribution is 2.22. The summed E-state index contributed by atoms with van der Waals surface area (Å²) < 4.78 is 2.84. The minimum Gasteiger partial charge on any atom is -0.355 e. The van der Waals surface area contributed by atoms with Crippen LogP contribution in [0.25, 0.3) is 5.69 Å². The number of halogens is 1. The lowest BCUT2D eigenvalue weighted by molar-refractivity contribution is -0.119. The third-order valence-electron chi connectivity index (χ3n) is 4.28. The second-order valence-electron chi connectivity index (χ2n) is 6.41. The van der Waals surface area contributed by atoms with Crippen molar-refractivity contribution in [2.75, 3.05) is 17.6 Å². The van der Waals surface area contributed by atoms with Crippen molar-refractivity contribution in [3.63, 3.8) is 0 Å². The molecule has 0 bridgehead atoms. The molecule has 0 aliphatic carbocycles. The van der Waals surface area contributed by atoms with Gasteiger partial charge < -0.3 is 10.6 Å². The minimum absolute atomic E-state index is 0.152. The van der Waals surface area contributed by atoms with E-state index >= 15 is 0 Å². The van der Waals surface area contributed by atoms with Crippen molar-refractivity contribution < 1.29 is 9.59 Å². The molecule has 0 aliphatic rings. The van der Waals surface area contributed by atoms with Gasteiger partial charge >= 0.3 is 0 Å². The van der Waals surface area contributed by atoms with E-state index in [1.165, 1.54) is 17.3 Å². The van der Waals surface area contributed by atoms with E-state index in [4.69, 9.17) is 0 Å². The van der Waals surface area contributed by atoms with Crippen LogP contribution in [-0.4, -0.2) is 38.9 Å². The summed E-state index contributed by atoms with van der Waals surface area (Å²) in [6, 6.07) is 15.4. The number of nitrogens with one attached hydrogen (secondary N) is 2. The number of benzene rings is 2. The van der Waals surface area contributed by atoms with Crippen molar-refractivity contribution in [3.8, 4) is 5.69 Å². The van der Waals surface area contributed by atoms with E-state index in [0.29, 0.717) is 5.16 Å². The highest BCUT2D eigenvalue weighted by molar-refractivity contribution is 9.10. The van der Waals surface area contributed by atoms with Crippen LogP contribution in [-0.2, 0) is 16.0 Å². The lowest BCUT2D eigenvalue weighted by atomic mass is 10.1. The molecule has 156 valence electrons. The van der Waals surface area contributed by atoms with Gasteiger partial charge in [-0.15, -0.1) is 10.2 Å². The second kappa shape index (κ2) is 10.9. The van der Waals surface area contributed by atoms with Crippen LogP contribution < -0.4 is 10.6 Å². The minimum atomic E-state index is -0.158. The Balaban J connectivity index is 1.45. The van der Waals surface area contributed by atoms with Crippen molar-refractivity contribution in [1.82, 2.24) is 20.1 Å². The predicted octanol–water partition coefficient (Wildman–Crippen LogP) is 3.83. The summed E-state index contributed by atoms with van der Waals surface area (Å²) in [5, 5.41) is 14.3. The molecule has 9 heteroatoms. The molecule has 0 saturated heterocycles. The molecule has 0 aliphatic heterocycles. The molecule has 2 aromatic carbocycles. The number of rotatable bonds is 9. The van der Waals surface area contributed by atoms with Crippen LogP contribution in [0.1, 0.15) is 18.9 Å². The molecule has 3 aromatic rings. The van der Waals surface area contributed by atoms with Gasteiger partial charge in [-0.25, -0.2) is 0 Å². The maximum Gasteiger partial charge on any atom is 0.230 e. The van der Waals surface area contributed by atoms with Gasteiger partial charge in [-0.2, -0.15) is 0 Å². The van der Waals surface area contributed by atoms with Gasteiger partial charge in [-0.3, -0.25) is 14.2 Å². The van der Waals surface area contributed by atoms with Gasteiger partial charge in [0.15, 0.2) is 5.16 Å². The monoisotopic (exact) mass is 487 g/mol. The van der Waals surface area contributed by atoms with Crippen LogP contribution in [0.2, 0.25) is 0 Å². The van der Waals surface area contributed by atoms with E-state index < -0.39 is 0 Å². The fourth-order valence-electron chi connectivity index (χ4n) is 2.79. The van der Waals surface area contributed by atoms with E-state index in [1.807, 2.05) is 47.0 Å². The summed E-state index contributed by atoms with van der Waals surface area (Å²) in [6.45, 7) is 2.36. The summed E-state index contributed by atoms with van der Waals surface area (Å²) in [7, 11) is 0. The number of para-hydroxylation sites is 1. The molecular formula is C21H22BrN5O2S. The van der Waals surface area contributed by atoms with E-state index in [2.05, 4.69) is 49.8 Å². The number of carbonyl (C=O) groups is 2. The maximum absolute atomic E-state index is 12.2. The van der Waals surface area contributed by atoms with Crippen LogP contribution in [0.5, 0.6) is 0 Å². The predicted molar refractivity (Wildman–Crippen MR) is 122 cm³/mol. The van der Waals surface area contributed by atoms with Gasteiger partial charge in [0.1, 0.15) is 6.33 Å². The summed E-state index contributed by atoms with van der Waals surface area (Å²) >= 11 is 4.66. The molecule has 1 aromatic heterocycles. The fraction of sp³-hybridized carbons (Fsp3) is 0.238. The molecule has 1 heterocycles. The van der Waals surface area contributed by atoms with Gasteiger partial charge in [0.25, 0.3) is 0 Å². The molecular weight excluding hydrogens is 466 g/mol. The Morgan fingerprint density at radius 3 is 2.63 bits per heavy atom. The molecule has 0 radical (unpaired) electrons. The Kier molecular flexibility index (Phi) is 8.04. The zero-order chi connectivity index (χ0) is 21.3. The number of carbonyl (C=O) groups excluding carboxylic acids is 2. The van der Waals surface area contributed by atoms with Gasteiger partial charge in [-0.1, -0.05) is 52.8 Å². The third kappa shape index (κ3) is 6.17. The average Bonchev–Trinajstić information content (AvgIpc) is 3.22. The Morgan fingerprint density at radius 2 is 1.87 bits per heavy atom. The molecule has 0 unspecified atom stereocenters. The molecule has 2 amide bonds. The highest BCUT2D eigenvalue weighted by Gasteiger charge is 2.12. The lowest BCUT2D eigenvalue weighted by Crippen LogP contribution is -2.29. The van der Waals surface area contributed by atoms with Crippen molar-refractivity contribution in [2.45, 2.75) is 24.9 Å². The summed E-state index contributed by atoms with van der Waals surface area (Å²) in [5.41, 5.74) is 2.91. The first-order chi connectivity index (χ1) is 14.6. The second-order valence-corrected chi connectivity index (χ2v) is 8.27. The fourth-order valence-corrected chi connectivity index (χ4v) is 3.80. The van der Waals surface area contributed by atoms with Gasteiger partial charge in [0, 0.05) is 23.1 Å². The van der Waals surface area contributed by atoms with E-state index in [9.17, 15) is 9.59 Å². The first kappa shape index (κ1) is 22.0.